The molecule has 0 aliphatic carbocycles. The molecule has 1 aromatic heterocycles. The third kappa shape index (κ3) is 4.71. The lowest BCUT2D eigenvalue weighted by Gasteiger charge is -2.30. The molecular weight excluding hydrogens is 419 g/mol. The van der Waals surface area contributed by atoms with Crippen LogP contribution in [0.2, 0.25) is 10.0 Å². The number of ether oxygens (including phenoxy) is 1. The molecule has 0 amide bonds. The van der Waals surface area contributed by atoms with Crippen LogP contribution in [0.3, 0.4) is 0 Å². The summed E-state index contributed by atoms with van der Waals surface area (Å²) in [4.78, 5) is 27.5. The van der Waals surface area contributed by atoms with Gasteiger partial charge < -0.3 is 20.5 Å². The van der Waals surface area contributed by atoms with Gasteiger partial charge in [0, 0.05) is 25.2 Å². The van der Waals surface area contributed by atoms with Gasteiger partial charge in [0.05, 0.1) is 11.6 Å². The van der Waals surface area contributed by atoms with E-state index in [2.05, 4.69) is 0 Å². The SMILES string of the molecule is Cn1c(N)c(N2CCCCC2)c(=O)n(C[C@H](O)COc2ccc(Cl)cc2Cl)c1=O. The van der Waals surface area contributed by atoms with Crippen molar-refractivity contribution in [1.29, 1.82) is 0 Å². The quantitative estimate of drug-likeness (QED) is 0.707. The predicted molar refractivity (Wildman–Crippen MR) is 114 cm³/mol. The van der Waals surface area contributed by atoms with Crippen molar-refractivity contribution in [2.75, 3.05) is 30.3 Å². The smallest absolute Gasteiger partial charge is 0.332 e. The first-order valence-electron chi connectivity index (χ1n) is 9.39. The van der Waals surface area contributed by atoms with Gasteiger partial charge in [-0.15, -0.1) is 0 Å². The topological polar surface area (TPSA) is 103 Å². The normalized spacial score (nSPS) is 15.4. The molecule has 29 heavy (non-hydrogen) atoms. The molecule has 0 spiro atoms. The predicted octanol–water partition coefficient (Wildman–Crippen LogP) is 1.87. The first kappa shape index (κ1) is 21.5. The Morgan fingerprint density at radius 3 is 2.55 bits per heavy atom. The van der Waals surface area contributed by atoms with Gasteiger partial charge in [0.2, 0.25) is 0 Å². The van der Waals surface area contributed by atoms with Crippen LogP contribution < -0.4 is 26.6 Å². The second-order valence-corrected chi connectivity index (χ2v) is 7.92. The van der Waals surface area contributed by atoms with Crippen LogP contribution in [0.1, 0.15) is 19.3 Å². The second kappa shape index (κ2) is 9.11. The first-order chi connectivity index (χ1) is 13.8. The van der Waals surface area contributed by atoms with Crippen LogP contribution in [0.15, 0.2) is 27.8 Å². The van der Waals surface area contributed by atoms with Crippen LogP contribution >= 0.6 is 23.2 Å². The molecular formula is C19H24Cl2N4O4. The molecule has 2 aromatic rings. The number of hydrogen-bond donors (Lipinski definition) is 2. The highest BCUT2D eigenvalue weighted by Gasteiger charge is 2.23. The number of aliphatic hydroxyl groups is 1. The van der Waals surface area contributed by atoms with Crippen LogP contribution in [0.4, 0.5) is 11.5 Å². The van der Waals surface area contributed by atoms with Crippen molar-refractivity contribution in [2.24, 2.45) is 7.05 Å². The number of nitrogen functional groups attached to an aromatic ring is 1. The molecule has 0 saturated carbocycles. The zero-order chi connectivity index (χ0) is 21.1. The molecule has 0 unspecified atom stereocenters. The van der Waals surface area contributed by atoms with Crippen LogP contribution in [0.25, 0.3) is 0 Å². The molecule has 10 heteroatoms. The lowest BCUT2D eigenvalue weighted by molar-refractivity contribution is 0.0902. The van der Waals surface area contributed by atoms with Gasteiger partial charge in [-0.1, -0.05) is 23.2 Å². The number of anilines is 2. The minimum atomic E-state index is -1.11. The zero-order valence-corrected chi connectivity index (χ0v) is 17.6. The Morgan fingerprint density at radius 1 is 1.21 bits per heavy atom. The molecule has 3 rings (SSSR count). The number of halogens is 2. The average Bonchev–Trinajstić information content (AvgIpc) is 2.70. The first-order valence-corrected chi connectivity index (χ1v) is 10.2. The molecule has 3 N–H and O–H groups in total. The molecule has 0 radical (unpaired) electrons. The minimum Gasteiger partial charge on any atom is -0.489 e. The van der Waals surface area contributed by atoms with Gasteiger partial charge in [-0.3, -0.25) is 13.9 Å². The Labute approximate surface area is 178 Å². The minimum absolute atomic E-state index is 0.136. The van der Waals surface area contributed by atoms with E-state index in [4.69, 9.17) is 33.7 Å². The van der Waals surface area contributed by atoms with Gasteiger partial charge >= 0.3 is 5.69 Å². The van der Waals surface area contributed by atoms with Gasteiger partial charge in [-0.05, 0) is 37.5 Å². The number of piperidine rings is 1. The van der Waals surface area contributed by atoms with Crippen LogP contribution in [0.5, 0.6) is 5.75 Å². The van der Waals surface area contributed by atoms with E-state index in [1.807, 2.05) is 4.90 Å². The van der Waals surface area contributed by atoms with E-state index >= 15 is 0 Å². The summed E-state index contributed by atoms with van der Waals surface area (Å²) in [5.74, 6) is 0.485. The van der Waals surface area contributed by atoms with E-state index < -0.39 is 17.4 Å². The van der Waals surface area contributed by atoms with E-state index in [9.17, 15) is 14.7 Å². The molecule has 2 heterocycles. The summed E-state index contributed by atoms with van der Waals surface area (Å²) in [5.41, 5.74) is 5.29. The van der Waals surface area contributed by atoms with Crippen LogP contribution in [-0.4, -0.2) is 40.0 Å². The summed E-state index contributed by atoms with van der Waals surface area (Å²) in [6.07, 6.45) is 1.91. The van der Waals surface area contributed by atoms with Crippen molar-refractivity contribution < 1.29 is 9.84 Å². The molecule has 1 atom stereocenters. The molecule has 1 fully saturated rings. The summed E-state index contributed by atoms with van der Waals surface area (Å²) in [5, 5.41) is 11.1. The number of nitrogens with two attached hydrogens (primary N) is 1. The second-order valence-electron chi connectivity index (χ2n) is 7.08. The van der Waals surface area contributed by atoms with Crippen molar-refractivity contribution in [3.05, 3.63) is 49.1 Å². The third-order valence-electron chi connectivity index (χ3n) is 4.96. The van der Waals surface area contributed by atoms with Gasteiger partial charge in [0.25, 0.3) is 5.56 Å². The van der Waals surface area contributed by atoms with Crippen LogP contribution in [-0.2, 0) is 13.6 Å². The van der Waals surface area contributed by atoms with Gasteiger partial charge in [-0.25, -0.2) is 4.79 Å². The highest BCUT2D eigenvalue weighted by molar-refractivity contribution is 6.35. The van der Waals surface area contributed by atoms with Gasteiger partial charge in [0.15, 0.2) is 0 Å². The lowest BCUT2D eigenvalue weighted by Crippen LogP contribution is -2.47. The van der Waals surface area contributed by atoms with Crippen molar-refractivity contribution in [2.45, 2.75) is 31.9 Å². The molecule has 158 valence electrons. The summed E-state index contributed by atoms with van der Waals surface area (Å²) in [6.45, 7) is 1.04. The van der Waals surface area contributed by atoms with Crippen molar-refractivity contribution >= 4 is 34.7 Å². The van der Waals surface area contributed by atoms with Crippen molar-refractivity contribution in [3.63, 3.8) is 0 Å². The Kier molecular flexibility index (Phi) is 6.77. The largest absolute Gasteiger partial charge is 0.489 e. The fraction of sp³-hybridized carbons (Fsp3) is 0.474. The van der Waals surface area contributed by atoms with E-state index in [0.717, 1.165) is 23.8 Å². The summed E-state index contributed by atoms with van der Waals surface area (Å²) >= 11 is 11.9. The van der Waals surface area contributed by atoms with E-state index in [0.29, 0.717) is 34.6 Å². The fourth-order valence-corrected chi connectivity index (χ4v) is 3.85. The van der Waals surface area contributed by atoms with Gasteiger partial charge in [0.1, 0.15) is 30.0 Å². The number of aromatic nitrogens is 2. The molecule has 1 aromatic carbocycles. The van der Waals surface area contributed by atoms with Gasteiger partial charge in [-0.2, -0.15) is 0 Å². The Hall–Kier alpha value is -2.16. The highest BCUT2D eigenvalue weighted by atomic mass is 35.5. The summed E-state index contributed by atoms with van der Waals surface area (Å²) in [6, 6.07) is 4.72. The Bertz CT molecular complexity index is 999. The Balaban J connectivity index is 1.81. The number of rotatable bonds is 6. The zero-order valence-electron chi connectivity index (χ0n) is 16.1. The maximum atomic E-state index is 13.0. The third-order valence-corrected chi connectivity index (χ3v) is 5.49. The standard InChI is InChI=1S/C19H24Cl2N4O4/c1-23-17(22)16(24-7-3-2-4-8-24)18(27)25(19(23)28)10-13(26)11-29-15-6-5-12(20)9-14(15)21/h5-6,9,13,26H,2-4,7-8,10-11,22H2,1H3/t13-/m0/s1. The molecule has 0 bridgehead atoms. The number of nitrogens with zero attached hydrogens (tertiary/aromatic N) is 3. The van der Waals surface area contributed by atoms with E-state index in [1.165, 1.54) is 17.7 Å². The lowest BCUT2D eigenvalue weighted by atomic mass is 10.1. The highest BCUT2D eigenvalue weighted by Crippen LogP contribution is 2.27. The number of hydrogen-bond acceptors (Lipinski definition) is 6. The number of aliphatic hydroxyl groups excluding tert-OH is 1. The van der Waals surface area contributed by atoms with E-state index in [-0.39, 0.29) is 19.0 Å². The molecule has 8 nitrogen and oxygen atoms in total. The summed E-state index contributed by atoms with van der Waals surface area (Å²) in [7, 11) is 1.51. The molecule has 1 aliphatic heterocycles. The maximum absolute atomic E-state index is 13.0. The summed E-state index contributed by atoms with van der Waals surface area (Å²) < 4.78 is 7.74. The van der Waals surface area contributed by atoms with E-state index in [1.54, 1.807) is 12.1 Å². The van der Waals surface area contributed by atoms with Crippen molar-refractivity contribution in [3.8, 4) is 5.75 Å². The average molecular weight is 443 g/mol. The molecule has 1 saturated heterocycles. The molecule has 1 aliphatic rings. The van der Waals surface area contributed by atoms with Crippen LogP contribution in [0, 0.1) is 0 Å². The number of benzene rings is 1. The fourth-order valence-electron chi connectivity index (χ4n) is 3.38. The monoisotopic (exact) mass is 442 g/mol. The maximum Gasteiger partial charge on any atom is 0.332 e. The van der Waals surface area contributed by atoms with Crippen molar-refractivity contribution in [1.82, 2.24) is 9.13 Å². The Morgan fingerprint density at radius 2 is 1.90 bits per heavy atom.